The van der Waals surface area contributed by atoms with Gasteiger partial charge in [0.15, 0.2) is 0 Å². The number of carbonyl (C=O) groups is 2. The van der Waals surface area contributed by atoms with Crippen molar-refractivity contribution in [2.45, 2.75) is 64.3 Å². The first-order valence-corrected chi connectivity index (χ1v) is 6.16. The SMILES string of the molecule is CCC(C)(C)NC(=O)C(C)NC(C)(C(=O)O)C(F)(F)F. The second-order valence-electron chi connectivity index (χ2n) is 5.52. The highest BCUT2D eigenvalue weighted by atomic mass is 19.4. The molecule has 0 bridgehead atoms. The van der Waals surface area contributed by atoms with Gasteiger partial charge in [-0.15, -0.1) is 0 Å². The van der Waals surface area contributed by atoms with E-state index in [9.17, 15) is 22.8 Å². The zero-order valence-electron chi connectivity index (χ0n) is 12.2. The van der Waals surface area contributed by atoms with Crippen LogP contribution in [0.15, 0.2) is 0 Å². The molecule has 1 amide bonds. The third-order valence-electron chi connectivity index (χ3n) is 3.24. The molecule has 0 saturated heterocycles. The molecule has 0 fully saturated rings. The van der Waals surface area contributed by atoms with Gasteiger partial charge in [-0.2, -0.15) is 13.2 Å². The van der Waals surface area contributed by atoms with Crippen LogP contribution in [0.3, 0.4) is 0 Å². The molecule has 0 aliphatic heterocycles. The summed E-state index contributed by atoms with van der Waals surface area (Å²) in [5.41, 5.74) is -3.76. The number of alkyl halides is 3. The van der Waals surface area contributed by atoms with Gasteiger partial charge in [-0.3, -0.25) is 10.1 Å². The number of rotatable bonds is 6. The number of hydrogen-bond donors (Lipinski definition) is 3. The molecule has 0 heterocycles. The molecule has 0 rings (SSSR count). The number of halogens is 3. The van der Waals surface area contributed by atoms with E-state index in [2.05, 4.69) is 5.32 Å². The predicted octanol–water partition coefficient (Wildman–Crippen LogP) is 1.67. The Labute approximate surface area is 115 Å². The Morgan fingerprint density at radius 2 is 1.65 bits per heavy atom. The maximum atomic E-state index is 12.8. The maximum absolute atomic E-state index is 12.8. The van der Waals surface area contributed by atoms with Crippen molar-refractivity contribution in [2.24, 2.45) is 0 Å². The Bertz CT molecular complexity index is 383. The Hall–Kier alpha value is -1.31. The molecule has 3 N–H and O–H groups in total. The molecule has 2 atom stereocenters. The second-order valence-corrected chi connectivity index (χ2v) is 5.52. The Morgan fingerprint density at radius 3 is 1.95 bits per heavy atom. The Morgan fingerprint density at radius 1 is 1.20 bits per heavy atom. The fraction of sp³-hybridized carbons (Fsp3) is 0.833. The first-order chi connectivity index (χ1) is 8.77. The number of nitrogens with one attached hydrogen (secondary N) is 2. The number of carboxylic acid groups (broad SMARTS) is 1. The van der Waals surface area contributed by atoms with Crippen LogP contribution in [0.5, 0.6) is 0 Å². The van der Waals surface area contributed by atoms with Gasteiger partial charge in [-0.05, 0) is 34.1 Å². The van der Waals surface area contributed by atoms with Crippen LogP contribution in [0.2, 0.25) is 0 Å². The van der Waals surface area contributed by atoms with Gasteiger partial charge < -0.3 is 10.4 Å². The van der Waals surface area contributed by atoms with Gasteiger partial charge in [0.1, 0.15) is 0 Å². The molecular weight excluding hydrogens is 277 g/mol. The van der Waals surface area contributed by atoms with Gasteiger partial charge in [0.25, 0.3) is 0 Å². The number of aliphatic carboxylic acids is 1. The molecule has 0 radical (unpaired) electrons. The molecule has 0 aromatic rings. The normalized spacial score (nSPS) is 17.2. The predicted molar refractivity (Wildman–Crippen MR) is 67.2 cm³/mol. The minimum atomic E-state index is -5.02. The van der Waals surface area contributed by atoms with Gasteiger partial charge in [0, 0.05) is 5.54 Å². The number of carboxylic acids is 1. The third-order valence-corrected chi connectivity index (χ3v) is 3.24. The van der Waals surface area contributed by atoms with Crippen molar-refractivity contribution in [1.29, 1.82) is 0 Å². The van der Waals surface area contributed by atoms with Gasteiger partial charge in [0.2, 0.25) is 11.4 Å². The topological polar surface area (TPSA) is 78.4 Å². The van der Waals surface area contributed by atoms with Gasteiger partial charge in [-0.1, -0.05) is 6.92 Å². The van der Waals surface area contributed by atoms with E-state index in [1.54, 1.807) is 13.8 Å². The summed E-state index contributed by atoms with van der Waals surface area (Å²) in [6.07, 6.45) is -4.44. The van der Waals surface area contributed by atoms with Crippen molar-refractivity contribution in [3.63, 3.8) is 0 Å². The molecule has 2 unspecified atom stereocenters. The second kappa shape index (κ2) is 5.99. The quantitative estimate of drug-likeness (QED) is 0.697. The molecule has 0 aromatic carbocycles. The lowest BCUT2D eigenvalue weighted by molar-refractivity contribution is -0.207. The van der Waals surface area contributed by atoms with Crippen molar-refractivity contribution in [3.8, 4) is 0 Å². The molecule has 0 saturated carbocycles. The van der Waals surface area contributed by atoms with Gasteiger partial charge in [0.05, 0.1) is 6.04 Å². The summed E-state index contributed by atoms with van der Waals surface area (Å²) in [7, 11) is 0. The molecule has 5 nitrogen and oxygen atoms in total. The van der Waals surface area contributed by atoms with Crippen LogP contribution in [0.1, 0.15) is 41.0 Å². The first kappa shape index (κ1) is 18.7. The fourth-order valence-electron chi connectivity index (χ4n) is 1.29. The van der Waals surface area contributed by atoms with Crippen molar-refractivity contribution in [3.05, 3.63) is 0 Å². The zero-order chi connectivity index (χ0) is 16.4. The van der Waals surface area contributed by atoms with E-state index >= 15 is 0 Å². The largest absolute Gasteiger partial charge is 0.480 e. The molecular formula is C12H21F3N2O3. The van der Waals surface area contributed by atoms with E-state index in [1.165, 1.54) is 6.92 Å². The highest BCUT2D eigenvalue weighted by Crippen LogP contribution is 2.30. The summed E-state index contributed by atoms with van der Waals surface area (Å²) >= 11 is 0. The van der Waals surface area contributed by atoms with Crippen molar-refractivity contribution < 1.29 is 27.9 Å². The summed E-state index contributed by atoms with van der Waals surface area (Å²) < 4.78 is 38.4. The van der Waals surface area contributed by atoms with E-state index in [0.29, 0.717) is 13.3 Å². The van der Waals surface area contributed by atoms with Crippen molar-refractivity contribution in [1.82, 2.24) is 10.6 Å². The van der Waals surface area contributed by atoms with Crippen molar-refractivity contribution >= 4 is 11.9 Å². The fourth-order valence-corrected chi connectivity index (χ4v) is 1.29. The van der Waals surface area contributed by atoms with E-state index in [-0.39, 0.29) is 0 Å². The highest BCUT2D eigenvalue weighted by Gasteiger charge is 2.58. The summed E-state index contributed by atoms with van der Waals surface area (Å²) in [5, 5.41) is 13.2. The number of amides is 1. The molecule has 0 spiro atoms. The smallest absolute Gasteiger partial charge is 0.417 e. The third kappa shape index (κ3) is 4.36. The summed E-state index contributed by atoms with van der Waals surface area (Å²) in [5.74, 6) is -2.77. The van der Waals surface area contributed by atoms with Gasteiger partial charge >= 0.3 is 12.1 Å². The van der Waals surface area contributed by atoms with Gasteiger partial charge in [-0.25, -0.2) is 4.79 Å². The summed E-state index contributed by atoms with van der Waals surface area (Å²) in [6.45, 7) is 6.93. The monoisotopic (exact) mass is 298 g/mol. The Kier molecular flexibility index (Phi) is 5.59. The van der Waals surface area contributed by atoms with E-state index in [0.717, 1.165) is 0 Å². The van der Waals surface area contributed by atoms with E-state index < -0.39 is 35.2 Å². The lowest BCUT2D eigenvalue weighted by Gasteiger charge is -2.33. The molecule has 118 valence electrons. The molecule has 0 aliphatic carbocycles. The van der Waals surface area contributed by atoms with Crippen LogP contribution >= 0.6 is 0 Å². The molecule has 8 heteroatoms. The molecule has 0 aromatic heterocycles. The number of hydrogen-bond acceptors (Lipinski definition) is 3. The first-order valence-electron chi connectivity index (χ1n) is 6.16. The minimum Gasteiger partial charge on any atom is -0.480 e. The minimum absolute atomic E-state index is 0.490. The number of carbonyl (C=O) groups excluding carboxylic acids is 1. The van der Waals surface area contributed by atoms with E-state index in [4.69, 9.17) is 5.11 Å². The maximum Gasteiger partial charge on any atom is 0.417 e. The lowest BCUT2D eigenvalue weighted by Crippen LogP contribution is -2.65. The molecule has 0 aliphatic rings. The standard InChI is InChI=1S/C12H21F3N2O3/c1-6-10(3,4)17-8(18)7(2)16-11(5,9(19)20)12(13,14)15/h7,16H,6H2,1-5H3,(H,17,18)(H,19,20). The average Bonchev–Trinajstić information content (AvgIpc) is 2.26. The van der Waals surface area contributed by atoms with Crippen LogP contribution in [-0.2, 0) is 9.59 Å². The van der Waals surface area contributed by atoms with Crippen LogP contribution in [-0.4, -0.2) is 40.3 Å². The molecule has 20 heavy (non-hydrogen) atoms. The van der Waals surface area contributed by atoms with Crippen LogP contribution < -0.4 is 10.6 Å². The lowest BCUT2D eigenvalue weighted by atomic mass is 9.99. The summed E-state index contributed by atoms with van der Waals surface area (Å²) in [4.78, 5) is 22.7. The Balaban J connectivity index is 5.01. The average molecular weight is 298 g/mol. The van der Waals surface area contributed by atoms with E-state index in [1.807, 2.05) is 12.2 Å². The van der Waals surface area contributed by atoms with Crippen LogP contribution in [0.4, 0.5) is 13.2 Å². The zero-order valence-corrected chi connectivity index (χ0v) is 12.2. The van der Waals surface area contributed by atoms with Crippen LogP contribution in [0.25, 0.3) is 0 Å². The summed E-state index contributed by atoms with van der Waals surface area (Å²) in [6, 6.07) is -1.30. The van der Waals surface area contributed by atoms with Crippen molar-refractivity contribution in [2.75, 3.05) is 0 Å². The highest BCUT2D eigenvalue weighted by molar-refractivity contribution is 5.85. The van der Waals surface area contributed by atoms with Crippen LogP contribution in [0, 0.1) is 0 Å².